The minimum Gasteiger partial charge on any atom is -0.466 e. The van der Waals surface area contributed by atoms with Crippen molar-refractivity contribution in [2.24, 2.45) is 0 Å². The maximum atomic E-state index is 13.0. The van der Waals surface area contributed by atoms with Crippen LogP contribution in [0, 0.1) is 0 Å². The Morgan fingerprint density at radius 3 is 1.36 bits per heavy atom. The monoisotopic (exact) mass is 1130 g/mol. The maximum absolute atomic E-state index is 13.0. The van der Waals surface area contributed by atoms with Crippen LogP contribution >= 0.6 is 0 Å². The number of nitrogens with one attached hydrogen (secondary N) is 1. The molecule has 0 aromatic heterocycles. The summed E-state index contributed by atoms with van der Waals surface area (Å²) in [5.74, 6) is -0.211. The van der Waals surface area contributed by atoms with Crippen molar-refractivity contribution in [3.8, 4) is 0 Å². The van der Waals surface area contributed by atoms with Crippen molar-refractivity contribution in [1.29, 1.82) is 0 Å². The quantitative estimate of drug-likeness (QED) is 0.0195. The summed E-state index contributed by atoms with van der Waals surface area (Å²) in [5.41, 5.74) is 0. The number of rotatable bonds is 58. The van der Waals surface area contributed by atoms with Crippen molar-refractivity contribution in [3.63, 3.8) is 0 Å². The van der Waals surface area contributed by atoms with E-state index in [1.54, 1.807) is 6.08 Å². The fourth-order valence-electron chi connectivity index (χ4n) is 10.3. The zero-order valence-corrected chi connectivity index (χ0v) is 51.5. The Labute approximate surface area is 490 Å². The van der Waals surface area contributed by atoms with Crippen LogP contribution in [0.25, 0.3) is 0 Å². The number of aliphatic hydroxyl groups excluding tert-OH is 5. The highest BCUT2D eigenvalue weighted by atomic mass is 16.7. The molecule has 7 unspecified atom stereocenters. The number of esters is 1. The number of hydrogen-bond acceptors (Lipinski definition) is 10. The second kappa shape index (κ2) is 58.1. The van der Waals surface area contributed by atoms with Gasteiger partial charge in [-0.25, -0.2) is 0 Å². The van der Waals surface area contributed by atoms with Crippen molar-refractivity contribution in [1.82, 2.24) is 5.32 Å². The van der Waals surface area contributed by atoms with Gasteiger partial charge in [0.05, 0.1) is 32.0 Å². The normalized spacial score (nSPS) is 18.7. The van der Waals surface area contributed by atoms with Crippen LogP contribution in [0.3, 0.4) is 0 Å². The molecule has 0 bridgehead atoms. The second-order valence-corrected chi connectivity index (χ2v) is 23.1. The minimum atomic E-state index is -1.58. The molecule has 11 heteroatoms. The van der Waals surface area contributed by atoms with Crippen molar-refractivity contribution >= 4 is 11.9 Å². The van der Waals surface area contributed by atoms with Crippen LogP contribution in [0.5, 0.6) is 0 Å². The minimum absolute atomic E-state index is 0.00109. The highest BCUT2D eigenvalue weighted by Gasteiger charge is 2.44. The predicted octanol–water partition coefficient (Wildman–Crippen LogP) is 16.6. The summed E-state index contributed by atoms with van der Waals surface area (Å²) >= 11 is 0. The number of allylic oxidation sites excluding steroid dienone is 9. The lowest BCUT2D eigenvalue weighted by atomic mass is 9.99. The Morgan fingerprint density at radius 1 is 0.475 bits per heavy atom. The lowest BCUT2D eigenvalue weighted by Crippen LogP contribution is -2.60. The van der Waals surface area contributed by atoms with Crippen LogP contribution in [0.2, 0.25) is 0 Å². The molecule has 1 heterocycles. The van der Waals surface area contributed by atoms with Crippen LogP contribution < -0.4 is 5.32 Å². The van der Waals surface area contributed by atoms with E-state index in [0.29, 0.717) is 25.9 Å². The summed E-state index contributed by atoms with van der Waals surface area (Å²) in [6.45, 7) is 4.20. The Kier molecular flexibility index (Phi) is 54.8. The van der Waals surface area contributed by atoms with E-state index in [-0.39, 0.29) is 18.5 Å². The molecule has 6 N–H and O–H groups in total. The Hall–Kier alpha value is -2.64. The first-order chi connectivity index (χ1) is 39.2. The second-order valence-electron chi connectivity index (χ2n) is 23.1. The molecule has 0 aliphatic carbocycles. The number of amides is 1. The number of unbranched alkanes of at least 4 members (excludes halogenated alkanes) is 36. The number of ether oxygens (including phenoxy) is 3. The van der Waals surface area contributed by atoms with Crippen molar-refractivity contribution in [2.75, 3.05) is 19.8 Å². The third kappa shape index (κ3) is 46.8. The predicted molar refractivity (Wildman–Crippen MR) is 333 cm³/mol. The smallest absolute Gasteiger partial charge is 0.305 e. The average molecular weight is 1130 g/mol. The van der Waals surface area contributed by atoms with Crippen LogP contribution in [0.1, 0.15) is 303 Å². The van der Waals surface area contributed by atoms with Gasteiger partial charge in [0.1, 0.15) is 24.4 Å². The van der Waals surface area contributed by atoms with E-state index in [2.05, 4.69) is 67.8 Å². The molecule has 11 nitrogen and oxygen atoms in total. The van der Waals surface area contributed by atoms with Gasteiger partial charge in [0, 0.05) is 12.8 Å². The first-order valence-corrected chi connectivity index (χ1v) is 33.6. The molecule has 466 valence electrons. The molecule has 0 saturated carbocycles. The molecule has 80 heavy (non-hydrogen) atoms. The van der Waals surface area contributed by atoms with E-state index in [9.17, 15) is 35.1 Å². The van der Waals surface area contributed by atoms with Gasteiger partial charge < -0.3 is 45.1 Å². The van der Waals surface area contributed by atoms with Gasteiger partial charge in [0.2, 0.25) is 5.91 Å². The van der Waals surface area contributed by atoms with Crippen LogP contribution in [-0.2, 0) is 23.8 Å². The average Bonchev–Trinajstić information content (AvgIpc) is 3.47. The molecule has 0 spiro atoms. The van der Waals surface area contributed by atoms with Crippen molar-refractivity contribution in [3.05, 3.63) is 60.8 Å². The molecule has 1 aliphatic heterocycles. The Morgan fingerprint density at radius 2 is 0.887 bits per heavy atom. The lowest BCUT2D eigenvalue weighted by Gasteiger charge is -2.40. The van der Waals surface area contributed by atoms with Crippen molar-refractivity contribution < 1.29 is 49.3 Å². The standard InChI is InChI=1S/C69H125NO10/c1-3-5-7-9-11-13-15-16-17-18-24-28-31-34-37-41-45-49-53-57-65(74)78-58-54-50-46-42-38-35-32-29-26-23-21-19-20-22-25-27-30-33-36-40-44-48-52-56-64(73)70-61(60-79-69-68(77)67(76)66(75)63(59-71)80-69)62(72)55-51-47-43-39-14-12-10-8-6-4-2/h6,8,14,19,21-22,25,39,51,55,61-63,66-69,71-72,75-77H,3-5,7,9-13,15-18,20,23-24,26-38,40-50,52-54,56-60H2,1-2H3,(H,70,73)/b8-6+,21-19-,25-22-,39-14+,55-51+. The van der Waals surface area contributed by atoms with Gasteiger partial charge in [-0.15, -0.1) is 0 Å². The molecule has 1 amide bonds. The molecule has 7 atom stereocenters. The number of carbonyl (C=O) groups is 2. The summed E-state index contributed by atoms with van der Waals surface area (Å²) in [4.78, 5) is 25.1. The van der Waals surface area contributed by atoms with Crippen LogP contribution in [0.4, 0.5) is 0 Å². The Bertz CT molecular complexity index is 1510. The highest BCUT2D eigenvalue weighted by molar-refractivity contribution is 5.76. The van der Waals surface area contributed by atoms with Crippen LogP contribution in [0.15, 0.2) is 60.8 Å². The lowest BCUT2D eigenvalue weighted by molar-refractivity contribution is -0.302. The van der Waals surface area contributed by atoms with Crippen LogP contribution in [-0.4, -0.2) is 100 Å². The SMILES string of the molecule is CC/C=C/CC/C=C/CC/C=C/C(O)C(COC1OC(CO)C(O)C(O)C1O)NC(=O)CCCCCCCCC/C=C\C/C=C\CCCCCCCCCCCOC(=O)CCCCCCCCCCCCCCCCCCCCC. The zero-order chi connectivity index (χ0) is 58.0. The summed E-state index contributed by atoms with van der Waals surface area (Å²) in [7, 11) is 0. The molecular formula is C69H125NO10. The first kappa shape index (κ1) is 75.4. The summed E-state index contributed by atoms with van der Waals surface area (Å²) in [6.07, 6.45) is 66.5. The van der Waals surface area contributed by atoms with Gasteiger partial charge in [-0.3, -0.25) is 9.59 Å². The number of hydrogen-bond donors (Lipinski definition) is 6. The maximum Gasteiger partial charge on any atom is 0.305 e. The largest absolute Gasteiger partial charge is 0.466 e. The fraction of sp³-hybridized carbons (Fsp3) is 0.826. The molecule has 0 aromatic rings. The van der Waals surface area contributed by atoms with E-state index in [4.69, 9.17) is 14.2 Å². The summed E-state index contributed by atoms with van der Waals surface area (Å²) in [6, 6.07) is -0.842. The molecule has 1 saturated heterocycles. The fourth-order valence-corrected chi connectivity index (χ4v) is 10.3. The van der Waals surface area contributed by atoms with Gasteiger partial charge in [-0.1, -0.05) is 267 Å². The van der Waals surface area contributed by atoms with Gasteiger partial charge >= 0.3 is 5.97 Å². The molecule has 0 radical (unpaired) electrons. The van der Waals surface area contributed by atoms with E-state index in [0.717, 1.165) is 96.3 Å². The topological polar surface area (TPSA) is 175 Å². The molecule has 1 fully saturated rings. The molecule has 0 aromatic carbocycles. The first-order valence-electron chi connectivity index (χ1n) is 33.6. The molecule has 1 rings (SSSR count). The highest BCUT2D eigenvalue weighted by Crippen LogP contribution is 2.23. The molecular weight excluding hydrogens is 1000 g/mol. The zero-order valence-electron chi connectivity index (χ0n) is 51.5. The summed E-state index contributed by atoms with van der Waals surface area (Å²) < 4.78 is 16.7. The van der Waals surface area contributed by atoms with Crippen molar-refractivity contribution in [2.45, 2.75) is 346 Å². The van der Waals surface area contributed by atoms with Gasteiger partial charge in [-0.05, 0) is 83.5 Å². The van der Waals surface area contributed by atoms with Gasteiger partial charge in [-0.2, -0.15) is 0 Å². The van der Waals surface area contributed by atoms with E-state index < -0.39 is 49.5 Å². The third-order valence-corrected chi connectivity index (χ3v) is 15.6. The van der Waals surface area contributed by atoms with E-state index in [1.165, 1.54) is 173 Å². The Balaban J connectivity index is 1.98. The van der Waals surface area contributed by atoms with Gasteiger partial charge in [0.15, 0.2) is 6.29 Å². The van der Waals surface area contributed by atoms with Gasteiger partial charge in [0.25, 0.3) is 0 Å². The number of aliphatic hydroxyl groups is 5. The summed E-state index contributed by atoms with van der Waals surface area (Å²) in [5, 5.41) is 54.2. The number of carbonyl (C=O) groups excluding carboxylic acids is 2. The van der Waals surface area contributed by atoms with E-state index in [1.807, 2.05) is 6.08 Å². The van der Waals surface area contributed by atoms with E-state index >= 15 is 0 Å². The molecule has 1 aliphatic rings. The third-order valence-electron chi connectivity index (χ3n) is 15.6.